The van der Waals surface area contributed by atoms with Gasteiger partial charge in [0.25, 0.3) is 0 Å². The van der Waals surface area contributed by atoms with Gasteiger partial charge < -0.3 is 13.8 Å². The quantitative estimate of drug-likeness (QED) is 0.450. The van der Waals surface area contributed by atoms with Crippen molar-refractivity contribution >= 4 is 8.80 Å². The van der Waals surface area contributed by atoms with E-state index in [-0.39, 0.29) is 34.6 Å². The molecule has 2 radical (unpaired) electrons. The zero-order chi connectivity index (χ0) is 12.7. The van der Waals surface area contributed by atoms with Crippen molar-refractivity contribution in [2.24, 2.45) is 5.92 Å². The summed E-state index contributed by atoms with van der Waals surface area (Å²) in [6.07, 6.45) is 2.34. The largest absolute Gasteiger partial charge is 0.346 e. The van der Waals surface area contributed by atoms with Crippen LogP contribution in [0.4, 0.5) is 0 Å². The van der Waals surface area contributed by atoms with Crippen LogP contribution in [0.1, 0.15) is 54.4 Å². The third-order valence-corrected chi connectivity index (χ3v) is 5.28. The fourth-order valence-corrected chi connectivity index (χ4v) is 2.66. The van der Waals surface area contributed by atoms with Crippen molar-refractivity contribution < 1.29 is 25.8 Å². The summed E-state index contributed by atoms with van der Waals surface area (Å²) in [5.41, 5.74) is 0. The second-order valence-corrected chi connectivity index (χ2v) is 7.47. The van der Waals surface area contributed by atoms with Gasteiger partial charge >= 0.3 is 0 Å². The number of hydrogen-bond acceptors (Lipinski definition) is 0. The van der Waals surface area contributed by atoms with E-state index < -0.39 is 0 Å². The first-order chi connectivity index (χ1) is 7.12. The zero-order valence-electron chi connectivity index (χ0n) is 12.6. The maximum absolute atomic E-state index is 3.73. The molecule has 0 aromatic carbocycles. The van der Waals surface area contributed by atoms with Crippen LogP contribution in [-0.4, -0.2) is 8.80 Å². The molecule has 0 nitrogen and oxygen atoms in total. The molecule has 0 spiro atoms. The molecule has 2 heteroatoms. The Balaban J connectivity index is -0.0000000743. The first-order valence-electron chi connectivity index (χ1n) is 6.45. The smallest absolute Gasteiger partial charge is 0.0470 e. The summed E-state index contributed by atoms with van der Waals surface area (Å²) in [5, 5.41) is 0. The first-order valence-corrected chi connectivity index (χ1v) is 8.57. The molecule has 0 amide bonds. The van der Waals surface area contributed by atoms with Crippen LogP contribution in [0, 0.1) is 19.8 Å². The molecule has 0 saturated carbocycles. The summed E-state index contributed by atoms with van der Waals surface area (Å²) < 4.78 is 0. The van der Waals surface area contributed by atoms with E-state index in [0.717, 1.165) is 12.3 Å². The molecule has 0 aromatic heterocycles. The maximum Gasteiger partial charge on any atom is 0.0470 e. The number of rotatable bonds is 5. The van der Waals surface area contributed by atoms with Crippen LogP contribution in [0.15, 0.2) is 0 Å². The monoisotopic (exact) mass is 274 g/mol. The van der Waals surface area contributed by atoms with Crippen LogP contribution < -0.4 is 0 Å². The van der Waals surface area contributed by atoms with E-state index >= 15 is 0 Å². The third-order valence-electron chi connectivity index (χ3n) is 2.28. The molecular formula is C14H33ScSi-2. The van der Waals surface area contributed by atoms with E-state index in [9.17, 15) is 0 Å². The van der Waals surface area contributed by atoms with Crippen LogP contribution >= 0.6 is 0 Å². The topological polar surface area (TPSA) is 0 Å². The summed E-state index contributed by atoms with van der Waals surface area (Å²) in [6, 6.07) is 4.37. The van der Waals surface area contributed by atoms with Gasteiger partial charge in [0.1, 0.15) is 0 Å². The Kier molecular flexibility index (Phi) is 40.4. The molecule has 0 heterocycles. The van der Waals surface area contributed by atoms with E-state index in [1.165, 1.54) is 24.6 Å². The van der Waals surface area contributed by atoms with Gasteiger partial charge in [0.2, 0.25) is 0 Å². The van der Waals surface area contributed by atoms with Crippen LogP contribution in [0.25, 0.3) is 0 Å². The van der Waals surface area contributed by atoms with Gasteiger partial charge in [-0.15, -0.1) is 0 Å². The van der Waals surface area contributed by atoms with Crippen molar-refractivity contribution in [1.29, 1.82) is 0 Å². The van der Waals surface area contributed by atoms with Crippen LogP contribution in [0.5, 0.6) is 0 Å². The van der Waals surface area contributed by atoms with Gasteiger partial charge in [-0.25, -0.2) is 0 Å². The van der Waals surface area contributed by atoms with Gasteiger partial charge in [0.15, 0.2) is 0 Å². The standard InChI is InChI=1S/C6H15Si.C6H13.C2H5.Sc/c1-4-7(5-2)6-3;1-4-5-6(2)3;1-2;/h4-6H2,1-3H3;6H,1,4-5H2,2-3H3;1H2,2H3;/q;2*-1;. The van der Waals surface area contributed by atoms with Crippen LogP contribution in [-0.2, 0) is 25.8 Å². The summed E-state index contributed by atoms with van der Waals surface area (Å²) in [6.45, 7) is 20.1. The first kappa shape index (κ1) is 25.8. The predicted octanol–water partition coefficient (Wildman–Crippen LogP) is 5.64. The van der Waals surface area contributed by atoms with E-state index in [1.54, 1.807) is 6.92 Å². The molecule has 0 aliphatic heterocycles. The van der Waals surface area contributed by atoms with Gasteiger partial charge in [-0.2, -0.15) is 13.3 Å². The SMILES string of the molecule is CC[Si](CC)CC.[CH2-]C.[CH2-]CCC(C)C.[Sc]. The Morgan fingerprint density at radius 3 is 1.25 bits per heavy atom. The molecule has 0 rings (SSSR count). The fourth-order valence-electron chi connectivity index (χ4n) is 1.16. The average molecular weight is 274 g/mol. The fraction of sp³-hybridized carbons (Fsp3) is 0.857. The Bertz CT molecular complexity index is 75.3. The van der Waals surface area contributed by atoms with Crippen molar-refractivity contribution in [2.75, 3.05) is 0 Å². The Hall–Kier alpha value is 1.09. The molecule has 0 aliphatic rings. The molecule has 0 saturated heterocycles. The maximum atomic E-state index is 3.73. The second-order valence-electron chi connectivity index (χ2n) is 3.85. The minimum absolute atomic E-state index is 0. The van der Waals surface area contributed by atoms with Crippen molar-refractivity contribution in [3.63, 3.8) is 0 Å². The molecule has 0 N–H and O–H groups in total. The van der Waals surface area contributed by atoms with Crippen LogP contribution in [0.3, 0.4) is 0 Å². The van der Waals surface area contributed by atoms with Gasteiger partial charge in [-0.1, -0.05) is 59.2 Å². The Morgan fingerprint density at radius 1 is 0.938 bits per heavy atom. The molecule has 0 aromatic rings. The molecular weight excluding hydrogens is 241 g/mol. The summed E-state index contributed by atoms with van der Waals surface area (Å²) >= 11 is 0. The number of hydrogen-bond donors (Lipinski definition) is 0. The van der Waals surface area contributed by atoms with Crippen molar-refractivity contribution in [3.05, 3.63) is 13.8 Å². The average Bonchev–Trinajstić information content (AvgIpc) is 2.24. The molecule has 0 fully saturated rings. The Morgan fingerprint density at radius 2 is 1.25 bits per heavy atom. The van der Waals surface area contributed by atoms with Crippen LogP contribution in [0.2, 0.25) is 18.1 Å². The van der Waals surface area contributed by atoms with Crippen molar-refractivity contribution in [1.82, 2.24) is 0 Å². The van der Waals surface area contributed by atoms with E-state index in [4.69, 9.17) is 0 Å². The normalized spacial score (nSPS) is 8.62. The predicted molar refractivity (Wildman–Crippen MR) is 77.7 cm³/mol. The zero-order valence-corrected chi connectivity index (χ0v) is 15.4. The summed E-state index contributed by atoms with van der Waals surface area (Å²) in [7, 11) is 0.137. The molecule has 98 valence electrons. The second kappa shape index (κ2) is 25.1. The van der Waals surface area contributed by atoms with Gasteiger partial charge in [-0.05, 0) is 5.92 Å². The molecule has 0 aliphatic carbocycles. The van der Waals surface area contributed by atoms with Crippen molar-refractivity contribution in [3.8, 4) is 0 Å². The Labute approximate surface area is 126 Å². The third kappa shape index (κ3) is 29.4. The minimum atomic E-state index is 0. The van der Waals surface area contributed by atoms with Gasteiger partial charge in [-0.3, -0.25) is 0 Å². The summed E-state index contributed by atoms with van der Waals surface area (Å²) in [4.78, 5) is 0. The van der Waals surface area contributed by atoms with E-state index in [0.29, 0.717) is 0 Å². The van der Waals surface area contributed by atoms with Gasteiger partial charge in [0.05, 0.1) is 0 Å². The molecule has 0 atom stereocenters. The van der Waals surface area contributed by atoms with E-state index in [1.807, 2.05) is 0 Å². The van der Waals surface area contributed by atoms with Crippen molar-refractivity contribution in [2.45, 2.75) is 72.5 Å². The van der Waals surface area contributed by atoms with Gasteiger partial charge in [0, 0.05) is 34.6 Å². The molecule has 0 bridgehead atoms. The summed E-state index contributed by atoms with van der Waals surface area (Å²) in [5.74, 6) is 0.836. The molecule has 0 unspecified atom stereocenters. The van der Waals surface area contributed by atoms with E-state index in [2.05, 4.69) is 48.5 Å². The minimum Gasteiger partial charge on any atom is -0.346 e. The molecule has 16 heavy (non-hydrogen) atoms.